The summed E-state index contributed by atoms with van der Waals surface area (Å²) in [5.41, 5.74) is 3.32. The SMILES string of the molecule is Cc1nn(C)c(C)c1CCC(=O)NC(C)Cn1ccnc1. The number of amides is 1. The van der Waals surface area contributed by atoms with Gasteiger partial charge < -0.3 is 9.88 Å². The van der Waals surface area contributed by atoms with Crippen LogP contribution in [-0.2, 0) is 24.8 Å². The summed E-state index contributed by atoms with van der Waals surface area (Å²) in [5, 5.41) is 7.39. The third-order valence-electron chi connectivity index (χ3n) is 3.71. The third-order valence-corrected chi connectivity index (χ3v) is 3.71. The first kappa shape index (κ1) is 15.3. The van der Waals surface area contributed by atoms with Gasteiger partial charge >= 0.3 is 0 Å². The van der Waals surface area contributed by atoms with Gasteiger partial charge in [0.05, 0.1) is 12.0 Å². The molecule has 2 aromatic rings. The maximum absolute atomic E-state index is 12.0. The number of aryl methyl sites for hydroxylation is 2. The second-order valence-electron chi connectivity index (χ2n) is 5.50. The Hall–Kier alpha value is -2.11. The molecule has 0 fully saturated rings. The molecule has 2 rings (SSSR count). The fraction of sp³-hybridized carbons (Fsp3) is 0.533. The number of nitrogens with one attached hydrogen (secondary N) is 1. The molecule has 1 N–H and O–H groups in total. The third kappa shape index (κ3) is 3.93. The van der Waals surface area contributed by atoms with E-state index >= 15 is 0 Å². The topological polar surface area (TPSA) is 64.7 Å². The maximum atomic E-state index is 12.0. The van der Waals surface area contributed by atoms with Crippen molar-refractivity contribution >= 4 is 5.91 Å². The summed E-state index contributed by atoms with van der Waals surface area (Å²) < 4.78 is 3.82. The number of carbonyl (C=O) groups excluding carboxylic acids is 1. The van der Waals surface area contributed by atoms with Gasteiger partial charge in [0.2, 0.25) is 5.91 Å². The quantitative estimate of drug-likeness (QED) is 0.873. The van der Waals surface area contributed by atoms with E-state index in [1.54, 1.807) is 12.5 Å². The molecular weight excluding hydrogens is 266 g/mol. The minimum atomic E-state index is 0.0743. The Bertz CT molecular complexity index is 600. The van der Waals surface area contributed by atoms with Crippen molar-refractivity contribution in [1.29, 1.82) is 0 Å². The Kier molecular flexibility index (Phi) is 4.77. The molecule has 0 bridgehead atoms. The molecule has 2 aromatic heterocycles. The summed E-state index contributed by atoms with van der Waals surface area (Å²) in [5.74, 6) is 0.0743. The summed E-state index contributed by atoms with van der Waals surface area (Å²) in [6, 6.07) is 0.0859. The first-order valence-electron chi connectivity index (χ1n) is 7.21. The van der Waals surface area contributed by atoms with Crippen LogP contribution >= 0.6 is 0 Å². The summed E-state index contributed by atoms with van der Waals surface area (Å²) in [7, 11) is 1.93. The second-order valence-corrected chi connectivity index (χ2v) is 5.50. The van der Waals surface area contributed by atoms with Gasteiger partial charge in [0, 0.05) is 44.1 Å². The van der Waals surface area contributed by atoms with Crippen molar-refractivity contribution in [3.8, 4) is 0 Å². The van der Waals surface area contributed by atoms with Crippen LogP contribution in [0.5, 0.6) is 0 Å². The van der Waals surface area contributed by atoms with Crippen molar-refractivity contribution in [2.45, 2.75) is 46.2 Å². The van der Waals surface area contributed by atoms with E-state index in [1.807, 2.05) is 43.3 Å². The van der Waals surface area contributed by atoms with Crippen molar-refractivity contribution in [2.24, 2.45) is 7.05 Å². The number of imidazole rings is 1. The molecule has 0 aliphatic heterocycles. The monoisotopic (exact) mass is 289 g/mol. The van der Waals surface area contributed by atoms with Gasteiger partial charge in [-0.15, -0.1) is 0 Å². The van der Waals surface area contributed by atoms with Gasteiger partial charge in [-0.2, -0.15) is 5.10 Å². The van der Waals surface area contributed by atoms with E-state index in [9.17, 15) is 4.79 Å². The summed E-state index contributed by atoms with van der Waals surface area (Å²) >= 11 is 0. The van der Waals surface area contributed by atoms with Crippen molar-refractivity contribution < 1.29 is 4.79 Å². The van der Waals surface area contributed by atoms with Crippen molar-refractivity contribution in [3.05, 3.63) is 35.7 Å². The molecular formula is C15H23N5O. The Balaban J connectivity index is 1.82. The first-order valence-corrected chi connectivity index (χ1v) is 7.21. The second kappa shape index (κ2) is 6.56. The van der Waals surface area contributed by atoms with Crippen LogP contribution in [0.1, 0.15) is 30.3 Å². The molecule has 1 amide bonds. The van der Waals surface area contributed by atoms with Crippen LogP contribution in [0.2, 0.25) is 0 Å². The van der Waals surface area contributed by atoms with Crippen LogP contribution in [0, 0.1) is 13.8 Å². The number of hydrogen-bond acceptors (Lipinski definition) is 3. The number of hydrogen-bond donors (Lipinski definition) is 1. The van der Waals surface area contributed by atoms with Crippen LogP contribution in [0.4, 0.5) is 0 Å². The molecule has 1 unspecified atom stereocenters. The van der Waals surface area contributed by atoms with Crippen molar-refractivity contribution in [2.75, 3.05) is 0 Å². The molecule has 0 saturated heterocycles. The molecule has 6 heteroatoms. The zero-order valence-corrected chi connectivity index (χ0v) is 13.1. The molecule has 0 aliphatic carbocycles. The van der Waals surface area contributed by atoms with E-state index in [0.29, 0.717) is 6.42 Å². The number of carbonyl (C=O) groups is 1. The molecule has 6 nitrogen and oxygen atoms in total. The highest BCUT2D eigenvalue weighted by Crippen LogP contribution is 2.13. The lowest BCUT2D eigenvalue weighted by molar-refractivity contribution is -0.121. The molecule has 21 heavy (non-hydrogen) atoms. The van der Waals surface area contributed by atoms with Crippen LogP contribution in [0.25, 0.3) is 0 Å². The minimum Gasteiger partial charge on any atom is -0.352 e. The predicted octanol–water partition coefficient (Wildman–Crippen LogP) is 1.37. The first-order chi connectivity index (χ1) is 9.97. The fourth-order valence-electron chi connectivity index (χ4n) is 2.52. The van der Waals surface area contributed by atoms with Crippen LogP contribution < -0.4 is 5.32 Å². The highest BCUT2D eigenvalue weighted by molar-refractivity contribution is 5.76. The number of aromatic nitrogens is 4. The predicted molar refractivity (Wildman–Crippen MR) is 80.8 cm³/mol. The van der Waals surface area contributed by atoms with Gasteiger partial charge in [-0.1, -0.05) is 0 Å². The van der Waals surface area contributed by atoms with E-state index in [-0.39, 0.29) is 11.9 Å². The Morgan fingerprint density at radius 2 is 2.19 bits per heavy atom. The maximum Gasteiger partial charge on any atom is 0.220 e. The highest BCUT2D eigenvalue weighted by Gasteiger charge is 2.12. The van der Waals surface area contributed by atoms with E-state index in [2.05, 4.69) is 15.4 Å². The number of nitrogens with zero attached hydrogens (tertiary/aromatic N) is 4. The van der Waals surface area contributed by atoms with Gasteiger partial charge in [-0.25, -0.2) is 4.98 Å². The Morgan fingerprint density at radius 1 is 1.43 bits per heavy atom. The van der Waals surface area contributed by atoms with Crippen LogP contribution in [0.15, 0.2) is 18.7 Å². The zero-order valence-electron chi connectivity index (χ0n) is 13.1. The molecule has 2 heterocycles. The lowest BCUT2D eigenvalue weighted by Gasteiger charge is -2.14. The standard InChI is InChI=1S/C15H23N5O/c1-11(9-20-8-7-16-10-20)17-15(21)6-5-14-12(2)18-19(4)13(14)3/h7-8,10-11H,5-6,9H2,1-4H3,(H,17,21). The number of rotatable bonds is 6. The average molecular weight is 289 g/mol. The fourth-order valence-corrected chi connectivity index (χ4v) is 2.52. The van der Waals surface area contributed by atoms with Crippen LogP contribution in [0.3, 0.4) is 0 Å². The normalized spacial score (nSPS) is 12.4. The largest absolute Gasteiger partial charge is 0.352 e. The smallest absolute Gasteiger partial charge is 0.220 e. The lowest BCUT2D eigenvalue weighted by atomic mass is 10.1. The molecule has 0 radical (unpaired) electrons. The van der Waals surface area contributed by atoms with Gasteiger partial charge in [-0.05, 0) is 32.8 Å². The summed E-state index contributed by atoms with van der Waals surface area (Å²) in [6.45, 7) is 6.76. The lowest BCUT2D eigenvalue weighted by Crippen LogP contribution is -2.35. The van der Waals surface area contributed by atoms with Gasteiger partial charge in [-0.3, -0.25) is 9.48 Å². The molecule has 0 aliphatic rings. The van der Waals surface area contributed by atoms with Crippen molar-refractivity contribution in [1.82, 2.24) is 24.6 Å². The molecule has 0 spiro atoms. The van der Waals surface area contributed by atoms with E-state index in [1.165, 1.54) is 5.56 Å². The van der Waals surface area contributed by atoms with Gasteiger partial charge in [0.25, 0.3) is 0 Å². The molecule has 0 aromatic carbocycles. The highest BCUT2D eigenvalue weighted by atomic mass is 16.1. The average Bonchev–Trinajstić information content (AvgIpc) is 2.98. The zero-order chi connectivity index (χ0) is 15.4. The minimum absolute atomic E-state index is 0.0743. The van der Waals surface area contributed by atoms with E-state index < -0.39 is 0 Å². The molecule has 0 saturated carbocycles. The van der Waals surface area contributed by atoms with E-state index in [0.717, 1.165) is 24.4 Å². The Morgan fingerprint density at radius 3 is 2.76 bits per heavy atom. The Labute approximate surface area is 125 Å². The molecule has 1 atom stereocenters. The van der Waals surface area contributed by atoms with Gasteiger partial charge in [0.1, 0.15) is 0 Å². The van der Waals surface area contributed by atoms with E-state index in [4.69, 9.17) is 0 Å². The summed E-state index contributed by atoms with van der Waals surface area (Å²) in [4.78, 5) is 16.0. The van der Waals surface area contributed by atoms with Gasteiger partial charge in [0.15, 0.2) is 0 Å². The van der Waals surface area contributed by atoms with Crippen molar-refractivity contribution in [3.63, 3.8) is 0 Å². The summed E-state index contributed by atoms with van der Waals surface area (Å²) in [6.07, 6.45) is 6.61. The molecule has 114 valence electrons. The van der Waals surface area contributed by atoms with Crippen LogP contribution in [-0.4, -0.2) is 31.3 Å².